The van der Waals surface area contributed by atoms with E-state index in [1.165, 1.54) is 0 Å². The van der Waals surface area contributed by atoms with E-state index in [0.717, 1.165) is 19.5 Å². The average Bonchev–Trinajstić information content (AvgIpc) is 2.54. The smallest absolute Gasteiger partial charge is 0.415 e. The van der Waals surface area contributed by atoms with Crippen molar-refractivity contribution in [2.24, 2.45) is 5.92 Å². The number of piperidine rings is 1. The number of hydrogen-bond acceptors (Lipinski definition) is 6. The third kappa shape index (κ3) is 2.27. The Kier molecular flexibility index (Phi) is 3.07. The molecule has 0 radical (unpaired) electrons. The van der Waals surface area contributed by atoms with Gasteiger partial charge in [0.25, 0.3) is 0 Å². The second-order valence-electron chi connectivity index (χ2n) is 5.47. The van der Waals surface area contributed by atoms with Crippen molar-refractivity contribution in [3.8, 4) is 11.5 Å². The Morgan fingerprint density at radius 3 is 3.05 bits per heavy atom. The summed E-state index contributed by atoms with van der Waals surface area (Å²) in [6.07, 6.45) is 2.23. The molecule has 0 aliphatic carbocycles. The van der Waals surface area contributed by atoms with Crippen LogP contribution in [-0.2, 0) is 4.74 Å². The molecule has 4 rings (SSSR count). The molecule has 4 heterocycles. The number of anilines is 1. The highest BCUT2D eigenvalue weighted by molar-refractivity contribution is 5.87. The van der Waals surface area contributed by atoms with Crippen LogP contribution >= 0.6 is 0 Å². The van der Waals surface area contributed by atoms with E-state index in [4.69, 9.17) is 14.2 Å². The van der Waals surface area contributed by atoms with Gasteiger partial charge >= 0.3 is 6.09 Å². The molecular weight excluding hydrogens is 274 g/mol. The van der Waals surface area contributed by atoms with Crippen molar-refractivity contribution in [2.75, 3.05) is 37.7 Å². The zero-order valence-corrected chi connectivity index (χ0v) is 11.6. The summed E-state index contributed by atoms with van der Waals surface area (Å²) in [6.45, 7) is 3.37. The Balaban J connectivity index is 1.59. The highest BCUT2D eigenvalue weighted by Gasteiger charge is 2.38. The van der Waals surface area contributed by atoms with Gasteiger partial charge in [-0.3, -0.25) is 4.90 Å². The Morgan fingerprint density at radius 1 is 1.29 bits per heavy atom. The monoisotopic (exact) mass is 291 g/mol. The van der Waals surface area contributed by atoms with Gasteiger partial charge in [0.2, 0.25) is 0 Å². The SMILES string of the molecule is O=C1O[C@H]2CNCC[C@@H]2CN1c1cc2c(cn1)OCCO2. The molecular formula is C14H17N3O4. The van der Waals surface area contributed by atoms with Crippen LogP contribution in [0.25, 0.3) is 0 Å². The largest absolute Gasteiger partial charge is 0.486 e. The van der Waals surface area contributed by atoms with Crippen LogP contribution in [0.15, 0.2) is 12.3 Å². The fourth-order valence-electron chi connectivity index (χ4n) is 3.01. The van der Waals surface area contributed by atoms with E-state index in [1.807, 2.05) is 0 Å². The summed E-state index contributed by atoms with van der Waals surface area (Å²) in [6, 6.07) is 1.75. The number of amides is 1. The quantitative estimate of drug-likeness (QED) is 0.824. The third-order valence-electron chi connectivity index (χ3n) is 4.15. The second kappa shape index (κ2) is 5.07. The zero-order chi connectivity index (χ0) is 14.2. The lowest BCUT2D eigenvalue weighted by Gasteiger charge is -2.40. The molecule has 112 valence electrons. The van der Waals surface area contributed by atoms with Crippen LogP contribution in [0.1, 0.15) is 6.42 Å². The molecule has 2 fully saturated rings. The number of hydrogen-bond donors (Lipinski definition) is 1. The van der Waals surface area contributed by atoms with Crippen LogP contribution < -0.4 is 19.7 Å². The lowest BCUT2D eigenvalue weighted by molar-refractivity contribution is 0.0327. The number of pyridine rings is 1. The van der Waals surface area contributed by atoms with Crippen molar-refractivity contribution in [1.82, 2.24) is 10.3 Å². The molecule has 21 heavy (non-hydrogen) atoms. The van der Waals surface area contributed by atoms with E-state index in [9.17, 15) is 4.79 Å². The Labute approximate surface area is 122 Å². The van der Waals surface area contributed by atoms with E-state index >= 15 is 0 Å². The van der Waals surface area contributed by atoms with E-state index < -0.39 is 0 Å². The number of rotatable bonds is 1. The molecule has 0 aromatic carbocycles. The van der Waals surface area contributed by atoms with Crippen LogP contribution in [0.4, 0.5) is 10.6 Å². The van der Waals surface area contributed by atoms with Gasteiger partial charge in [0.15, 0.2) is 11.5 Å². The molecule has 2 saturated heterocycles. The first-order chi connectivity index (χ1) is 10.3. The van der Waals surface area contributed by atoms with Gasteiger partial charge in [-0.15, -0.1) is 0 Å². The molecule has 3 aliphatic heterocycles. The summed E-state index contributed by atoms with van der Waals surface area (Å²) in [7, 11) is 0. The van der Waals surface area contributed by atoms with Crippen molar-refractivity contribution in [2.45, 2.75) is 12.5 Å². The normalized spacial score (nSPS) is 27.8. The Hall–Kier alpha value is -2.02. The summed E-state index contributed by atoms with van der Waals surface area (Å²) in [5, 5.41) is 3.25. The third-order valence-corrected chi connectivity index (χ3v) is 4.15. The van der Waals surface area contributed by atoms with Crippen molar-refractivity contribution in [1.29, 1.82) is 0 Å². The fraction of sp³-hybridized carbons (Fsp3) is 0.571. The molecule has 1 aromatic rings. The molecule has 7 heteroatoms. The van der Waals surface area contributed by atoms with E-state index in [1.54, 1.807) is 17.2 Å². The first-order valence-corrected chi connectivity index (χ1v) is 7.26. The fourth-order valence-corrected chi connectivity index (χ4v) is 3.01. The first-order valence-electron chi connectivity index (χ1n) is 7.26. The number of carbonyl (C=O) groups is 1. The highest BCUT2D eigenvalue weighted by Crippen LogP contribution is 2.34. The topological polar surface area (TPSA) is 72.9 Å². The van der Waals surface area contributed by atoms with Gasteiger partial charge in [0.1, 0.15) is 25.1 Å². The maximum absolute atomic E-state index is 12.2. The molecule has 1 aromatic heterocycles. The molecule has 0 saturated carbocycles. The number of ether oxygens (including phenoxy) is 3. The molecule has 2 atom stereocenters. The van der Waals surface area contributed by atoms with Gasteiger partial charge < -0.3 is 19.5 Å². The average molecular weight is 291 g/mol. The van der Waals surface area contributed by atoms with Crippen LogP contribution in [-0.4, -0.2) is 50.0 Å². The van der Waals surface area contributed by atoms with Gasteiger partial charge in [-0.25, -0.2) is 9.78 Å². The predicted molar refractivity (Wildman–Crippen MR) is 73.8 cm³/mol. The minimum atomic E-state index is -0.343. The van der Waals surface area contributed by atoms with Crippen molar-refractivity contribution >= 4 is 11.9 Å². The van der Waals surface area contributed by atoms with E-state index in [-0.39, 0.29) is 12.2 Å². The molecule has 1 N–H and O–H groups in total. The molecule has 0 bridgehead atoms. The van der Waals surface area contributed by atoms with Crippen LogP contribution in [0.5, 0.6) is 11.5 Å². The Morgan fingerprint density at radius 2 is 2.14 bits per heavy atom. The van der Waals surface area contributed by atoms with Crippen molar-refractivity contribution in [3.05, 3.63) is 12.3 Å². The maximum atomic E-state index is 12.2. The molecule has 0 spiro atoms. The summed E-state index contributed by atoms with van der Waals surface area (Å²) in [4.78, 5) is 18.1. The minimum absolute atomic E-state index is 0.0280. The second-order valence-corrected chi connectivity index (χ2v) is 5.47. The first kappa shape index (κ1) is 12.7. The van der Waals surface area contributed by atoms with Gasteiger partial charge in [0, 0.05) is 25.1 Å². The van der Waals surface area contributed by atoms with Crippen LogP contribution in [0.2, 0.25) is 0 Å². The number of carbonyl (C=O) groups excluding carboxylic acids is 1. The van der Waals surface area contributed by atoms with Gasteiger partial charge in [0.05, 0.1) is 6.20 Å². The summed E-state index contributed by atoms with van der Waals surface area (Å²) in [5.41, 5.74) is 0. The lowest BCUT2D eigenvalue weighted by atomic mass is 9.93. The van der Waals surface area contributed by atoms with Crippen molar-refractivity contribution < 1.29 is 19.0 Å². The number of aromatic nitrogens is 1. The van der Waals surface area contributed by atoms with Gasteiger partial charge in [-0.2, -0.15) is 0 Å². The van der Waals surface area contributed by atoms with E-state index in [2.05, 4.69) is 10.3 Å². The number of fused-ring (bicyclic) bond motifs is 2. The van der Waals surface area contributed by atoms with Crippen LogP contribution in [0, 0.1) is 5.92 Å². The van der Waals surface area contributed by atoms with Gasteiger partial charge in [-0.05, 0) is 13.0 Å². The highest BCUT2D eigenvalue weighted by atomic mass is 16.6. The summed E-state index contributed by atoms with van der Waals surface area (Å²) in [5.74, 6) is 2.15. The van der Waals surface area contributed by atoms with Gasteiger partial charge in [-0.1, -0.05) is 0 Å². The lowest BCUT2D eigenvalue weighted by Crippen LogP contribution is -2.55. The standard InChI is InChI=1S/C14H17N3O4/c18-14-17(8-9-1-2-15-6-11(9)21-14)13-5-10-12(7-16-13)20-4-3-19-10/h5,7,9,11,15H,1-4,6,8H2/t9-,11+/m1/s1. The molecule has 3 aliphatic rings. The van der Waals surface area contributed by atoms with Crippen LogP contribution in [0.3, 0.4) is 0 Å². The van der Waals surface area contributed by atoms with Crippen molar-refractivity contribution in [3.63, 3.8) is 0 Å². The van der Waals surface area contributed by atoms with E-state index in [0.29, 0.717) is 43.0 Å². The minimum Gasteiger partial charge on any atom is -0.486 e. The zero-order valence-electron chi connectivity index (χ0n) is 11.6. The molecule has 0 unspecified atom stereocenters. The number of nitrogens with one attached hydrogen (secondary N) is 1. The molecule has 7 nitrogen and oxygen atoms in total. The Bertz CT molecular complexity index is 565. The maximum Gasteiger partial charge on any atom is 0.415 e. The molecule has 1 amide bonds. The predicted octanol–water partition coefficient (Wildman–Crippen LogP) is 0.787. The summed E-state index contributed by atoms with van der Waals surface area (Å²) < 4.78 is 16.5. The number of nitrogens with zero attached hydrogens (tertiary/aromatic N) is 2. The summed E-state index contributed by atoms with van der Waals surface area (Å²) >= 11 is 0.